The summed E-state index contributed by atoms with van der Waals surface area (Å²) < 4.78 is 0. The third-order valence-corrected chi connectivity index (χ3v) is 3.30. The second-order valence-corrected chi connectivity index (χ2v) is 4.49. The van der Waals surface area contributed by atoms with Crippen molar-refractivity contribution in [2.45, 2.75) is 45.4 Å². The molecule has 4 nitrogen and oxygen atoms in total. The van der Waals surface area contributed by atoms with E-state index in [4.69, 9.17) is 10.5 Å². The zero-order chi connectivity index (χ0) is 12.1. The van der Waals surface area contributed by atoms with Crippen molar-refractivity contribution in [3.8, 4) is 0 Å². The lowest BCUT2D eigenvalue weighted by Gasteiger charge is -2.12. The fourth-order valence-electron chi connectivity index (χ4n) is 2.28. The van der Waals surface area contributed by atoms with Crippen LogP contribution in [0.3, 0.4) is 0 Å². The standard InChI is InChI=1S/C12H19NO3/c1-2-9(12(15)16)11(13)10(14)7-8-5-3-4-6-8/h8-9,13H,2-7H2,1H3,(H,15,16)/t9-/m0/s1. The van der Waals surface area contributed by atoms with Crippen LogP contribution in [-0.2, 0) is 9.59 Å². The molecule has 1 rings (SSSR count). The van der Waals surface area contributed by atoms with Gasteiger partial charge >= 0.3 is 5.97 Å². The number of carboxylic acid groups (broad SMARTS) is 1. The molecule has 0 aliphatic heterocycles. The second kappa shape index (κ2) is 5.77. The maximum atomic E-state index is 11.7. The summed E-state index contributed by atoms with van der Waals surface area (Å²) in [5.74, 6) is -1.89. The second-order valence-electron chi connectivity index (χ2n) is 4.49. The van der Waals surface area contributed by atoms with Crippen LogP contribution < -0.4 is 0 Å². The Labute approximate surface area is 95.6 Å². The first-order valence-corrected chi connectivity index (χ1v) is 5.90. The van der Waals surface area contributed by atoms with Crippen molar-refractivity contribution in [3.05, 3.63) is 0 Å². The zero-order valence-electron chi connectivity index (χ0n) is 9.66. The summed E-state index contributed by atoms with van der Waals surface area (Å²) in [4.78, 5) is 22.5. The van der Waals surface area contributed by atoms with Crippen LogP contribution in [0.1, 0.15) is 45.4 Å². The van der Waals surface area contributed by atoms with Crippen LogP contribution >= 0.6 is 0 Å². The van der Waals surface area contributed by atoms with Gasteiger partial charge in [-0.1, -0.05) is 32.6 Å². The van der Waals surface area contributed by atoms with Crippen molar-refractivity contribution >= 4 is 17.5 Å². The molecule has 1 aliphatic carbocycles. The van der Waals surface area contributed by atoms with E-state index in [1.54, 1.807) is 6.92 Å². The van der Waals surface area contributed by atoms with Gasteiger partial charge in [-0.05, 0) is 12.3 Å². The number of carboxylic acids is 1. The number of hydrogen-bond acceptors (Lipinski definition) is 3. The Kier molecular flexibility index (Phi) is 4.65. The van der Waals surface area contributed by atoms with Crippen LogP contribution in [0.15, 0.2) is 0 Å². The number of rotatable bonds is 6. The predicted molar refractivity (Wildman–Crippen MR) is 60.7 cm³/mol. The highest BCUT2D eigenvalue weighted by molar-refractivity contribution is 6.42. The van der Waals surface area contributed by atoms with Gasteiger partial charge in [0, 0.05) is 6.42 Å². The van der Waals surface area contributed by atoms with Crippen LogP contribution in [0.25, 0.3) is 0 Å². The summed E-state index contributed by atoms with van der Waals surface area (Å²) in [6.45, 7) is 1.69. The summed E-state index contributed by atoms with van der Waals surface area (Å²) in [5, 5.41) is 16.5. The Bertz CT molecular complexity index is 293. The first kappa shape index (κ1) is 12.9. The van der Waals surface area contributed by atoms with Crippen molar-refractivity contribution in [2.24, 2.45) is 11.8 Å². The van der Waals surface area contributed by atoms with Crippen LogP contribution in [0.5, 0.6) is 0 Å². The van der Waals surface area contributed by atoms with Crippen molar-refractivity contribution < 1.29 is 14.7 Å². The number of aliphatic carboxylic acids is 1. The average molecular weight is 225 g/mol. The molecule has 0 aromatic heterocycles. The Morgan fingerprint density at radius 2 is 1.94 bits per heavy atom. The van der Waals surface area contributed by atoms with Gasteiger partial charge in [0.25, 0.3) is 0 Å². The maximum Gasteiger partial charge on any atom is 0.312 e. The highest BCUT2D eigenvalue weighted by atomic mass is 16.4. The van der Waals surface area contributed by atoms with Crippen molar-refractivity contribution in [3.63, 3.8) is 0 Å². The highest BCUT2D eigenvalue weighted by Crippen LogP contribution is 2.28. The number of carbonyl (C=O) groups is 2. The van der Waals surface area contributed by atoms with E-state index in [1.807, 2.05) is 0 Å². The molecule has 0 spiro atoms. The predicted octanol–water partition coefficient (Wildman–Crippen LogP) is 2.27. The van der Waals surface area contributed by atoms with E-state index in [0.717, 1.165) is 25.7 Å². The molecule has 0 amide bonds. The molecule has 0 saturated heterocycles. The average Bonchev–Trinajstić information content (AvgIpc) is 2.70. The summed E-state index contributed by atoms with van der Waals surface area (Å²) in [7, 11) is 0. The summed E-state index contributed by atoms with van der Waals surface area (Å²) in [6.07, 6.45) is 5.07. The minimum atomic E-state index is -1.06. The van der Waals surface area contributed by atoms with Crippen molar-refractivity contribution in [2.75, 3.05) is 0 Å². The van der Waals surface area contributed by atoms with Gasteiger partial charge in [-0.2, -0.15) is 0 Å². The van der Waals surface area contributed by atoms with Gasteiger partial charge in [0.15, 0.2) is 5.78 Å². The number of Topliss-reactive ketones (excluding diaryl/α,β-unsaturated/α-hetero) is 1. The molecule has 1 saturated carbocycles. The third-order valence-electron chi connectivity index (χ3n) is 3.30. The quantitative estimate of drug-likeness (QED) is 0.680. The molecule has 1 atom stereocenters. The minimum absolute atomic E-state index is 0.220. The molecule has 16 heavy (non-hydrogen) atoms. The zero-order valence-corrected chi connectivity index (χ0v) is 9.66. The number of carbonyl (C=O) groups excluding carboxylic acids is 1. The normalized spacial score (nSPS) is 18.3. The van der Waals surface area contributed by atoms with Crippen LogP contribution in [0.4, 0.5) is 0 Å². The maximum absolute atomic E-state index is 11.7. The first-order chi connectivity index (χ1) is 7.56. The lowest BCUT2D eigenvalue weighted by Crippen LogP contribution is -2.30. The molecule has 1 fully saturated rings. The van der Waals surface area contributed by atoms with Crippen LogP contribution in [0, 0.1) is 17.2 Å². The van der Waals surface area contributed by atoms with E-state index in [2.05, 4.69) is 0 Å². The van der Waals surface area contributed by atoms with Gasteiger partial charge < -0.3 is 10.5 Å². The molecule has 90 valence electrons. The molecular weight excluding hydrogens is 206 g/mol. The first-order valence-electron chi connectivity index (χ1n) is 5.90. The lowest BCUT2D eigenvalue weighted by molar-refractivity contribution is -0.140. The Hall–Kier alpha value is -1.19. The molecule has 2 N–H and O–H groups in total. The van der Waals surface area contributed by atoms with Gasteiger partial charge in [0.1, 0.15) is 5.92 Å². The lowest BCUT2D eigenvalue weighted by atomic mass is 9.91. The van der Waals surface area contributed by atoms with E-state index >= 15 is 0 Å². The van der Waals surface area contributed by atoms with E-state index < -0.39 is 11.9 Å². The monoisotopic (exact) mass is 225 g/mol. The summed E-state index contributed by atoms with van der Waals surface area (Å²) in [5.41, 5.74) is -0.220. The molecule has 4 heteroatoms. The van der Waals surface area contributed by atoms with Crippen molar-refractivity contribution in [1.29, 1.82) is 5.41 Å². The fourth-order valence-corrected chi connectivity index (χ4v) is 2.28. The molecule has 0 heterocycles. The van der Waals surface area contributed by atoms with Gasteiger partial charge in [-0.15, -0.1) is 0 Å². The Morgan fingerprint density at radius 3 is 2.38 bits per heavy atom. The topological polar surface area (TPSA) is 78.2 Å². The third kappa shape index (κ3) is 3.15. The number of hydrogen-bond donors (Lipinski definition) is 2. The van der Waals surface area contributed by atoms with Crippen molar-refractivity contribution in [1.82, 2.24) is 0 Å². The fraction of sp³-hybridized carbons (Fsp3) is 0.750. The molecule has 0 bridgehead atoms. The Balaban J connectivity index is 2.51. The number of nitrogens with one attached hydrogen (secondary N) is 1. The summed E-state index contributed by atoms with van der Waals surface area (Å²) in [6, 6.07) is 0. The highest BCUT2D eigenvalue weighted by Gasteiger charge is 2.28. The molecule has 0 aromatic rings. The summed E-state index contributed by atoms with van der Waals surface area (Å²) >= 11 is 0. The minimum Gasteiger partial charge on any atom is -0.481 e. The van der Waals surface area contributed by atoms with E-state index in [-0.39, 0.29) is 11.5 Å². The Morgan fingerprint density at radius 1 is 1.38 bits per heavy atom. The van der Waals surface area contributed by atoms with Gasteiger partial charge in [-0.25, -0.2) is 0 Å². The molecule has 1 aliphatic rings. The van der Waals surface area contributed by atoms with E-state index in [9.17, 15) is 9.59 Å². The van der Waals surface area contributed by atoms with E-state index in [1.165, 1.54) is 0 Å². The molecular formula is C12H19NO3. The smallest absolute Gasteiger partial charge is 0.312 e. The molecule has 0 radical (unpaired) electrons. The van der Waals surface area contributed by atoms with Crippen LogP contribution in [-0.4, -0.2) is 22.6 Å². The largest absolute Gasteiger partial charge is 0.481 e. The van der Waals surface area contributed by atoms with Gasteiger partial charge in [0.05, 0.1) is 5.71 Å². The van der Waals surface area contributed by atoms with Gasteiger partial charge in [0.2, 0.25) is 0 Å². The SMILES string of the molecule is CC[C@@H](C(=N)C(=O)CC1CCCC1)C(=O)O. The molecule has 0 aromatic carbocycles. The van der Waals surface area contributed by atoms with Gasteiger partial charge in [-0.3, -0.25) is 9.59 Å². The number of ketones is 1. The van der Waals surface area contributed by atoms with E-state index in [0.29, 0.717) is 18.8 Å². The molecule has 0 unspecified atom stereocenters. The van der Waals surface area contributed by atoms with Crippen LogP contribution in [0.2, 0.25) is 0 Å².